The fourth-order valence-corrected chi connectivity index (χ4v) is 2.05. The number of nitrogens with two attached hydrogens (primary N) is 1. The number of nitrogen functional groups attached to an aromatic ring is 1. The Labute approximate surface area is 118 Å². The molecule has 20 heavy (non-hydrogen) atoms. The van der Waals surface area contributed by atoms with Crippen LogP contribution in [0.1, 0.15) is 5.56 Å². The first-order valence-electron chi connectivity index (χ1n) is 5.55. The highest BCUT2D eigenvalue weighted by Crippen LogP contribution is 2.34. The second kappa shape index (κ2) is 5.62. The van der Waals surface area contributed by atoms with Crippen LogP contribution in [0.15, 0.2) is 41.4 Å². The van der Waals surface area contributed by atoms with Gasteiger partial charge in [-0.1, -0.05) is 0 Å². The Morgan fingerprint density at radius 1 is 1.20 bits per heavy atom. The summed E-state index contributed by atoms with van der Waals surface area (Å²) in [6.07, 6.45) is -1.82. The van der Waals surface area contributed by atoms with Crippen molar-refractivity contribution < 1.29 is 17.9 Å². The van der Waals surface area contributed by atoms with Crippen molar-refractivity contribution in [1.29, 1.82) is 0 Å². The van der Waals surface area contributed by atoms with E-state index in [1.54, 1.807) is 18.2 Å². The Kier molecular flexibility index (Phi) is 4.08. The Bertz CT molecular complexity index is 600. The number of alkyl halides is 3. The maximum atomic E-state index is 12.4. The molecule has 0 aliphatic carbocycles. The molecular weight excluding hydrogens is 289 g/mol. The fourth-order valence-electron chi connectivity index (χ4n) is 1.49. The van der Waals surface area contributed by atoms with E-state index < -0.39 is 11.7 Å². The molecule has 0 aliphatic rings. The summed E-state index contributed by atoms with van der Waals surface area (Å²) in [7, 11) is 0. The van der Waals surface area contributed by atoms with Gasteiger partial charge in [0.15, 0.2) is 0 Å². The summed E-state index contributed by atoms with van der Waals surface area (Å²) < 4.78 is 42.7. The summed E-state index contributed by atoms with van der Waals surface area (Å²) >= 11 is 1.42. The number of hydrogen-bond acceptors (Lipinski definition) is 4. The van der Waals surface area contributed by atoms with Crippen molar-refractivity contribution in [3.05, 3.63) is 42.1 Å². The molecule has 1 aromatic heterocycles. The van der Waals surface area contributed by atoms with Crippen LogP contribution in [0.25, 0.3) is 0 Å². The summed E-state index contributed by atoms with van der Waals surface area (Å²) in [5, 5.41) is 0. The van der Waals surface area contributed by atoms with Gasteiger partial charge in [-0.3, -0.25) is 0 Å². The van der Waals surface area contributed by atoms with E-state index in [9.17, 15) is 13.2 Å². The second-order valence-corrected chi connectivity index (χ2v) is 4.74. The van der Waals surface area contributed by atoms with Crippen LogP contribution in [0.3, 0.4) is 0 Å². The van der Waals surface area contributed by atoms with Crippen LogP contribution in [-0.2, 0) is 6.18 Å². The van der Waals surface area contributed by atoms with Crippen molar-refractivity contribution in [1.82, 2.24) is 4.98 Å². The van der Waals surface area contributed by atoms with Gasteiger partial charge < -0.3 is 10.5 Å². The average molecular weight is 300 g/mol. The van der Waals surface area contributed by atoms with Gasteiger partial charge in [0.1, 0.15) is 5.75 Å². The zero-order valence-corrected chi connectivity index (χ0v) is 11.3. The Morgan fingerprint density at radius 3 is 2.50 bits per heavy atom. The predicted molar refractivity (Wildman–Crippen MR) is 71.9 cm³/mol. The lowest BCUT2D eigenvalue weighted by Crippen LogP contribution is -2.05. The van der Waals surface area contributed by atoms with Crippen LogP contribution < -0.4 is 10.5 Å². The molecule has 0 amide bonds. The molecule has 2 rings (SSSR count). The van der Waals surface area contributed by atoms with Crippen LogP contribution in [0.5, 0.6) is 11.6 Å². The second-order valence-electron chi connectivity index (χ2n) is 3.90. The third-order valence-corrected chi connectivity index (χ3v) is 3.22. The molecule has 0 atom stereocenters. The molecular formula is C13H11F3N2OS. The number of aromatic nitrogens is 1. The van der Waals surface area contributed by atoms with Crippen molar-refractivity contribution in [2.24, 2.45) is 0 Å². The number of halogens is 3. The van der Waals surface area contributed by atoms with Gasteiger partial charge in [0, 0.05) is 18.0 Å². The summed E-state index contributed by atoms with van der Waals surface area (Å²) in [5.41, 5.74) is 5.43. The van der Waals surface area contributed by atoms with Crippen molar-refractivity contribution >= 4 is 17.4 Å². The molecule has 106 valence electrons. The molecule has 0 spiro atoms. The Morgan fingerprint density at radius 2 is 1.95 bits per heavy atom. The molecule has 0 fully saturated rings. The monoisotopic (exact) mass is 300 g/mol. The molecule has 0 bridgehead atoms. The van der Waals surface area contributed by atoms with E-state index in [0.29, 0.717) is 11.4 Å². The first kappa shape index (κ1) is 14.5. The Hall–Kier alpha value is -1.89. The van der Waals surface area contributed by atoms with Crippen LogP contribution >= 0.6 is 11.8 Å². The number of hydrogen-bond donors (Lipinski definition) is 1. The van der Waals surface area contributed by atoms with Crippen LogP contribution in [0, 0.1) is 0 Å². The summed E-state index contributed by atoms with van der Waals surface area (Å²) in [6.45, 7) is 0. The minimum atomic E-state index is -4.41. The molecule has 0 unspecified atom stereocenters. The molecule has 7 heteroatoms. The minimum Gasteiger partial charge on any atom is -0.438 e. The molecule has 0 radical (unpaired) electrons. The molecule has 2 aromatic rings. The number of pyridine rings is 1. The number of rotatable bonds is 3. The van der Waals surface area contributed by atoms with Crippen LogP contribution in [-0.4, -0.2) is 11.2 Å². The quantitative estimate of drug-likeness (QED) is 0.682. The third-order valence-electron chi connectivity index (χ3n) is 2.47. The van der Waals surface area contributed by atoms with Gasteiger partial charge in [-0.05, 0) is 30.5 Å². The first-order chi connectivity index (χ1) is 9.40. The van der Waals surface area contributed by atoms with E-state index in [-0.39, 0.29) is 5.88 Å². The Balaban J connectivity index is 2.22. The molecule has 0 saturated carbocycles. The number of anilines is 1. The maximum absolute atomic E-state index is 12.4. The van der Waals surface area contributed by atoms with Crippen LogP contribution in [0.4, 0.5) is 18.9 Å². The van der Waals surface area contributed by atoms with E-state index in [4.69, 9.17) is 10.5 Å². The zero-order valence-electron chi connectivity index (χ0n) is 10.4. The van der Waals surface area contributed by atoms with Gasteiger partial charge in [-0.15, -0.1) is 11.8 Å². The number of ether oxygens (including phenoxy) is 1. The largest absolute Gasteiger partial charge is 0.438 e. The van der Waals surface area contributed by atoms with Gasteiger partial charge in [-0.2, -0.15) is 13.2 Å². The van der Waals surface area contributed by atoms with Gasteiger partial charge in [0.05, 0.1) is 10.5 Å². The standard InChI is InChI=1S/C13H11F3N2OS/c1-20-11-6-9(17)3-4-10(11)19-12-5-2-8(7-18-12)13(14,15)16/h2-7H,17H2,1H3. The van der Waals surface area contributed by atoms with E-state index in [2.05, 4.69) is 4.98 Å². The highest BCUT2D eigenvalue weighted by molar-refractivity contribution is 7.98. The first-order valence-corrected chi connectivity index (χ1v) is 6.77. The number of nitrogens with zero attached hydrogens (tertiary/aromatic N) is 1. The van der Waals surface area contributed by atoms with E-state index in [0.717, 1.165) is 17.2 Å². The summed E-state index contributed by atoms with van der Waals surface area (Å²) in [4.78, 5) is 4.44. The smallest absolute Gasteiger partial charge is 0.417 e. The normalized spacial score (nSPS) is 11.4. The number of thioether (sulfide) groups is 1. The highest BCUT2D eigenvalue weighted by Gasteiger charge is 2.30. The van der Waals surface area contributed by atoms with Gasteiger partial charge >= 0.3 is 6.18 Å². The lowest BCUT2D eigenvalue weighted by atomic mass is 10.3. The minimum absolute atomic E-state index is 0.0954. The predicted octanol–water partition coefficient (Wildman–Crippen LogP) is 4.20. The van der Waals surface area contributed by atoms with Gasteiger partial charge in [-0.25, -0.2) is 4.98 Å². The fraction of sp³-hybridized carbons (Fsp3) is 0.154. The topological polar surface area (TPSA) is 48.1 Å². The van der Waals surface area contributed by atoms with E-state index >= 15 is 0 Å². The maximum Gasteiger partial charge on any atom is 0.417 e. The molecule has 3 nitrogen and oxygen atoms in total. The third kappa shape index (κ3) is 3.36. The molecule has 2 N–H and O–H groups in total. The summed E-state index contributed by atoms with van der Waals surface area (Å²) in [5.74, 6) is 0.594. The lowest BCUT2D eigenvalue weighted by Gasteiger charge is -2.10. The van der Waals surface area contributed by atoms with Crippen molar-refractivity contribution in [3.63, 3.8) is 0 Å². The molecule has 0 aliphatic heterocycles. The van der Waals surface area contributed by atoms with Crippen molar-refractivity contribution in [2.45, 2.75) is 11.1 Å². The highest BCUT2D eigenvalue weighted by atomic mass is 32.2. The van der Waals surface area contributed by atoms with E-state index in [1.165, 1.54) is 17.8 Å². The molecule has 0 saturated heterocycles. The number of benzene rings is 1. The summed E-state index contributed by atoms with van der Waals surface area (Å²) in [6, 6.07) is 7.14. The molecule has 1 aromatic carbocycles. The SMILES string of the molecule is CSc1cc(N)ccc1Oc1ccc(C(F)(F)F)cn1. The van der Waals surface area contributed by atoms with Gasteiger partial charge in [0.2, 0.25) is 5.88 Å². The van der Waals surface area contributed by atoms with Crippen LogP contribution in [0.2, 0.25) is 0 Å². The van der Waals surface area contributed by atoms with Crippen molar-refractivity contribution in [2.75, 3.05) is 12.0 Å². The van der Waals surface area contributed by atoms with E-state index in [1.807, 2.05) is 6.26 Å². The van der Waals surface area contributed by atoms with Gasteiger partial charge in [0.25, 0.3) is 0 Å². The average Bonchev–Trinajstić information content (AvgIpc) is 2.40. The zero-order chi connectivity index (χ0) is 14.8. The molecule has 1 heterocycles. The lowest BCUT2D eigenvalue weighted by molar-refractivity contribution is -0.137. The van der Waals surface area contributed by atoms with Crippen molar-refractivity contribution in [3.8, 4) is 11.6 Å².